The van der Waals surface area contributed by atoms with E-state index >= 15 is 0 Å². The van der Waals surface area contributed by atoms with Crippen LogP contribution in [0.5, 0.6) is 5.75 Å². The summed E-state index contributed by atoms with van der Waals surface area (Å²) in [5.74, 6) is 3.45. The van der Waals surface area contributed by atoms with E-state index in [0.29, 0.717) is 55.8 Å². The van der Waals surface area contributed by atoms with Gasteiger partial charge >= 0.3 is 6.09 Å². The Kier molecular flexibility index (Phi) is 9.18. The number of oxazole rings is 1. The van der Waals surface area contributed by atoms with Crippen LogP contribution in [0.2, 0.25) is 0 Å². The van der Waals surface area contributed by atoms with Gasteiger partial charge in [-0.15, -0.1) is 0 Å². The van der Waals surface area contributed by atoms with Crippen LogP contribution in [0.4, 0.5) is 10.6 Å². The molecular weight excluding hydrogens is 606 g/mol. The number of nitrogens with zero attached hydrogens (tertiary/aromatic N) is 5. The molecule has 0 bridgehead atoms. The molecule has 0 atom stereocenters. The highest BCUT2D eigenvalue weighted by Crippen LogP contribution is 2.41. The van der Waals surface area contributed by atoms with Gasteiger partial charge in [-0.3, -0.25) is 14.7 Å². The molecule has 256 valence electrons. The van der Waals surface area contributed by atoms with E-state index in [-0.39, 0.29) is 29.6 Å². The quantitative estimate of drug-likeness (QED) is 0.230. The number of pyridine rings is 2. The summed E-state index contributed by atoms with van der Waals surface area (Å²) in [4.78, 5) is 45.3. The van der Waals surface area contributed by atoms with E-state index in [4.69, 9.17) is 28.8 Å². The third-order valence-electron chi connectivity index (χ3n) is 11.2. The highest BCUT2D eigenvalue weighted by atomic mass is 16.6. The topological polar surface area (TPSA) is 111 Å². The van der Waals surface area contributed by atoms with E-state index in [1.54, 1.807) is 19.6 Å². The summed E-state index contributed by atoms with van der Waals surface area (Å²) in [7, 11) is 1.68. The maximum absolute atomic E-state index is 14.4. The predicted octanol–water partition coefficient (Wildman–Crippen LogP) is 7.81. The first-order chi connectivity index (χ1) is 23.2. The van der Waals surface area contributed by atoms with Crippen molar-refractivity contribution >= 4 is 17.8 Å². The Morgan fingerprint density at radius 1 is 0.979 bits per heavy atom. The van der Waals surface area contributed by atoms with Crippen molar-refractivity contribution in [2.24, 2.45) is 11.8 Å². The lowest BCUT2D eigenvalue weighted by atomic mass is 9.79. The largest absolute Gasteiger partial charge is 0.495 e. The standard InChI is InChI=1S/C38H49N5O5/c1-24-33(46-4)16-15-31(40-24)26-7-5-25(6-8-26)22-42(34-21-29(17-19-39-34)32-23-47-35(41-32)27-9-10-27)36(44)28-11-13-30(14-12-28)48-37(45)43-20-18-38(43,2)3/h15-17,19,21,23,25-28,30H,5-14,18,20,22H2,1-4H3. The lowest BCUT2D eigenvalue weighted by Crippen LogP contribution is -2.59. The van der Waals surface area contributed by atoms with Gasteiger partial charge in [-0.2, -0.15) is 0 Å². The van der Waals surface area contributed by atoms with Gasteiger partial charge in [-0.1, -0.05) is 0 Å². The van der Waals surface area contributed by atoms with E-state index in [1.165, 1.54) is 0 Å². The number of ether oxygens (including phenoxy) is 2. The number of methoxy groups -OCH3 is 1. The summed E-state index contributed by atoms with van der Waals surface area (Å²) >= 11 is 0. The molecule has 7 rings (SSSR count). The zero-order chi connectivity index (χ0) is 33.4. The Balaban J connectivity index is 1.04. The van der Waals surface area contributed by atoms with Gasteiger partial charge in [-0.05, 0) is 122 Å². The molecule has 4 heterocycles. The van der Waals surface area contributed by atoms with E-state index in [1.807, 2.05) is 34.9 Å². The van der Waals surface area contributed by atoms with Gasteiger partial charge in [0.2, 0.25) is 5.91 Å². The molecule has 4 aliphatic rings. The van der Waals surface area contributed by atoms with Crippen LogP contribution in [0.1, 0.15) is 114 Å². The van der Waals surface area contributed by atoms with Crippen LogP contribution in [-0.4, -0.2) is 63.7 Å². The van der Waals surface area contributed by atoms with Crippen molar-refractivity contribution < 1.29 is 23.5 Å². The Labute approximate surface area is 283 Å². The number of aryl methyl sites for hydroxylation is 1. The van der Waals surface area contributed by atoms with Crippen molar-refractivity contribution in [2.45, 2.75) is 115 Å². The van der Waals surface area contributed by atoms with Gasteiger partial charge in [0.25, 0.3) is 0 Å². The fraction of sp³-hybridized carbons (Fsp3) is 0.605. The molecule has 0 aromatic carbocycles. The molecule has 1 saturated heterocycles. The molecule has 10 heteroatoms. The average molecular weight is 656 g/mol. The second-order valence-electron chi connectivity index (χ2n) is 15.0. The van der Waals surface area contributed by atoms with Crippen molar-refractivity contribution in [3.8, 4) is 17.0 Å². The molecule has 48 heavy (non-hydrogen) atoms. The van der Waals surface area contributed by atoms with Crippen LogP contribution < -0.4 is 9.64 Å². The lowest BCUT2D eigenvalue weighted by Gasteiger charge is -2.48. The van der Waals surface area contributed by atoms with Crippen LogP contribution in [0.15, 0.2) is 41.1 Å². The maximum atomic E-state index is 14.4. The maximum Gasteiger partial charge on any atom is 0.410 e. The molecule has 3 aromatic rings. The van der Waals surface area contributed by atoms with Crippen molar-refractivity contribution in [1.82, 2.24) is 19.9 Å². The molecule has 0 unspecified atom stereocenters. The molecule has 0 N–H and O–H groups in total. The van der Waals surface area contributed by atoms with Crippen molar-refractivity contribution in [1.29, 1.82) is 0 Å². The number of hydrogen-bond acceptors (Lipinski definition) is 8. The fourth-order valence-corrected chi connectivity index (χ4v) is 7.73. The first kappa shape index (κ1) is 32.6. The lowest BCUT2D eigenvalue weighted by molar-refractivity contribution is -0.124. The minimum atomic E-state index is -0.225. The fourth-order valence-electron chi connectivity index (χ4n) is 7.73. The smallest absolute Gasteiger partial charge is 0.410 e. The van der Waals surface area contributed by atoms with Crippen LogP contribution >= 0.6 is 0 Å². The van der Waals surface area contributed by atoms with Crippen LogP contribution in [0.25, 0.3) is 11.3 Å². The first-order valence-corrected chi connectivity index (χ1v) is 17.9. The minimum Gasteiger partial charge on any atom is -0.495 e. The third kappa shape index (κ3) is 6.94. The minimum absolute atomic E-state index is 0.113. The Bertz CT molecular complexity index is 1620. The summed E-state index contributed by atoms with van der Waals surface area (Å²) in [5, 5.41) is 0. The van der Waals surface area contributed by atoms with Crippen molar-refractivity contribution in [3.63, 3.8) is 0 Å². The molecule has 4 fully saturated rings. The Morgan fingerprint density at radius 2 is 1.73 bits per heavy atom. The predicted molar refractivity (Wildman–Crippen MR) is 182 cm³/mol. The number of carbonyl (C=O) groups excluding carboxylic acids is 2. The Morgan fingerprint density at radius 3 is 2.38 bits per heavy atom. The summed E-state index contributed by atoms with van der Waals surface area (Å²) < 4.78 is 17.1. The molecule has 0 spiro atoms. The zero-order valence-corrected chi connectivity index (χ0v) is 28.8. The molecule has 0 radical (unpaired) electrons. The molecular formula is C38H49N5O5. The van der Waals surface area contributed by atoms with Crippen LogP contribution in [-0.2, 0) is 9.53 Å². The van der Waals surface area contributed by atoms with Gasteiger partial charge in [0.15, 0.2) is 5.89 Å². The average Bonchev–Trinajstić information content (AvgIpc) is 3.82. The van der Waals surface area contributed by atoms with E-state index < -0.39 is 0 Å². The van der Waals surface area contributed by atoms with Gasteiger partial charge in [0.1, 0.15) is 29.6 Å². The molecule has 2 amide bonds. The van der Waals surface area contributed by atoms with Crippen LogP contribution in [0, 0.1) is 18.8 Å². The highest BCUT2D eigenvalue weighted by molar-refractivity contribution is 5.94. The zero-order valence-electron chi connectivity index (χ0n) is 28.8. The van der Waals surface area contributed by atoms with Crippen molar-refractivity contribution in [2.75, 3.05) is 25.1 Å². The normalized spacial score (nSPS) is 25.2. The number of aromatic nitrogens is 3. The molecule has 3 saturated carbocycles. The van der Waals surface area contributed by atoms with E-state index in [0.717, 1.165) is 85.8 Å². The summed E-state index contributed by atoms with van der Waals surface area (Å²) in [5.41, 5.74) is 3.60. The van der Waals surface area contributed by atoms with Crippen LogP contribution in [0.3, 0.4) is 0 Å². The number of carbonyl (C=O) groups is 2. The van der Waals surface area contributed by atoms with Gasteiger partial charge < -0.3 is 18.8 Å². The van der Waals surface area contributed by atoms with E-state index in [9.17, 15) is 9.59 Å². The monoisotopic (exact) mass is 655 g/mol. The number of rotatable bonds is 9. The van der Waals surface area contributed by atoms with E-state index in [2.05, 4.69) is 19.9 Å². The number of likely N-dealkylation sites (tertiary alicyclic amines) is 1. The highest BCUT2D eigenvalue weighted by Gasteiger charge is 2.42. The molecule has 1 aliphatic heterocycles. The van der Waals surface area contributed by atoms with Gasteiger partial charge in [-0.25, -0.2) is 14.8 Å². The number of hydrogen-bond donors (Lipinski definition) is 0. The molecule has 10 nitrogen and oxygen atoms in total. The number of anilines is 1. The van der Waals surface area contributed by atoms with Crippen molar-refractivity contribution in [3.05, 3.63) is 54.0 Å². The number of amides is 2. The first-order valence-electron chi connectivity index (χ1n) is 17.9. The second-order valence-corrected chi connectivity index (χ2v) is 15.0. The molecule has 3 aromatic heterocycles. The Hall–Kier alpha value is -3.95. The third-order valence-corrected chi connectivity index (χ3v) is 11.2. The SMILES string of the molecule is COc1ccc(C2CCC(CN(C(=O)C3CCC(OC(=O)N4CCC4(C)C)CC3)c3cc(-c4coc(C5CC5)n4)ccn3)CC2)nc1C. The summed E-state index contributed by atoms with van der Waals surface area (Å²) in [6.45, 7) is 7.51. The summed E-state index contributed by atoms with van der Waals surface area (Å²) in [6.07, 6.45) is 13.2. The van der Waals surface area contributed by atoms with Gasteiger partial charge in [0, 0.05) is 53.8 Å². The molecule has 3 aliphatic carbocycles. The second kappa shape index (κ2) is 13.5. The summed E-state index contributed by atoms with van der Waals surface area (Å²) in [6, 6.07) is 8.05. The van der Waals surface area contributed by atoms with Gasteiger partial charge in [0.05, 0.1) is 12.8 Å².